The number of likely N-dealkylation sites (N-methyl/N-ethyl adjacent to an activating group) is 1. The molecular formula is C15H21N3O3. The summed E-state index contributed by atoms with van der Waals surface area (Å²) in [6.07, 6.45) is 0.599. The van der Waals surface area contributed by atoms with Crippen molar-refractivity contribution in [3.63, 3.8) is 0 Å². The Morgan fingerprint density at radius 3 is 2.57 bits per heavy atom. The van der Waals surface area contributed by atoms with Crippen LogP contribution in [-0.2, 0) is 4.79 Å². The molecule has 6 heteroatoms. The van der Waals surface area contributed by atoms with E-state index >= 15 is 0 Å². The normalized spacial score (nSPS) is 22.6. The van der Waals surface area contributed by atoms with Crippen LogP contribution >= 0.6 is 0 Å². The van der Waals surface area contributed by atoms with E-state index in [9.17, 15) is 9.59 Å². The lowest BCUT2D eigenvalue weighted by molar-refractivity contribution is -0.135. The molecule has 2 amide bonds. The summed E-state index contributed by atoms with van der Waals surface area (Å²) in [4.78, 5) is 26.0. The molecule has 0 aromatic heterocycles. The van der Waals surface area contributed by atoms with E-state index in [1.54, 1.807) is 17.6 Å². The summed E-state index contributed by atoms with van der Waals surface area (Å²) in [5.41, 5.74) is 3.34. The molecule has 1 aromatic rings. The van der Waals surface area contributed by atoms with Crippen molar-refractivity contribution in [3.05, 3.63) is 35.4 Å². The van der Waals surface area contributed by atoms with Crippen LogP contribution in [0.25, 0.3) is 0 Å². The van der Waals surface area contributed by atoms with E-state index in [1.165, 1.54) is 0 Å². The Hall–Kier alpha value is -1.92. The molecule has 1 fully saturated rings. The van der Waals surface area contributed by atoms with Crippen LogP contribution in [0.2, 0.25) is 0 Å². The van der Waals surface area contributed by atoms with E-state index in [1.807, 2.05) is 26.1 Å². The number of amides is 2. The predicted octanol–water partition coefficient (Wildman–Crippen LogP) is 0.551. The van der Waals surface area contributed by atoms with Crippen molar-refractivity contribution in [2.75, 3.05) is 20.1 Å². The quantitative estimate of drug-likeness (QED) is 0.561. The number of rotatable bonds is 3. The highest BCUT2D eigenvalue weighted by molar-refractivity contribution is 5.94. The van der Waals surface area contributed by atoms with Crippen molar-refractivity contribution in [1.29, 1.82) is 0 Å². The average Bonchev–Trinajstić information content (AvgIpc) is 2.47. The number of likely N-dealkylation sites (tertiary alicyclic amines) is 1. The molecule has 1 aliphatic heterocycles. The summed E-state index contributed by atoms with van der Waals surface area (Å²) >= 11 is 0. The van der Waals surface area contributed by atoms with Crippen LogP contribution in [0.15, 0.2) is 24.3 Å². The Balaban J connectivity index is 2.08. The van der Waals surface area contributed by atoms with E-state index in [0.717, 1.165) is 12.1 Å². The second kappa shape index (κ2) is 6.69. The van der Waals surface area contributed by atoms with Gasteiger partial charge in [0.2, 0.25) is 5.91 Å². The summed E-state index contributed by atoms with van der Waals surface area (Å²) in [5, 5.41) is 11.7. The van der Waals surface area contributed by atoms with Gasteiger partial charge >= 0.3 is 0 Å². The van der Waals surface area contributed by atoms with Gasteiger partial charge < -0.3 is 10.2 Å². The number of hydroxylamine groups is 1. The van der Waals surface area contributed by atoms with Gasteiger partial charge in [-0.1, -0.05) is 17.7 Å². The number of nitrogens with one attached hydrogen (secondary N) is 2. The predicted molar refractivity (Wildman–Crippen MR) is 78.0 cm³/mol. The monoisotopic (exact) mass is 291 g/mol. The van der Waals surface area contributed by atoms with Crippen LogP contribution in [-0.4, -0.2) is 48.1 Å². The van der Waals surface area contributed by atoms with Crippen molar-refractivity contribution in [3.8, 4) is 0 Å². The first-order chi connectivity index (χ1) is 10.0. The molecule has 0 spiro atoms. The van der Waals surface area contributed by atoms with Gasteiger partial charge in [-0.3, -0.25) is 14.8 Å². The number of hydrogen-bond acceptors (Lipinski definition) is 4. The van der Waals surface area contributed by atoms with Gasteiger partial charge in [-0.15, -0.1) is 0 Å². The maximum Gasteiger partial charge on any atom is 0.251 e. The van der Waals surface area contributed by atoms with E-state index < -0.39 is 11.8 Å². The van der Waals surface area contributed by atoms with Crippen molar-refractivity contribution >= 4 is 11.8 Å². The molecule has 2 atom stereocenters. The van der Waals surface area contributed by atoms with Gasteiger partial charge in [-0.25, -0.2) is 5.48 Å². The van der Waals surface area contributed by atoms with Gasteiger partial charge in [0, 0.05) is 12.1 Å². The van der Waals surface area contributed by atoms with Gasteiger partial charge in [0.1, 0.15) is 0 Å². The molecule has 1 aromatic carbocycles. The Kier molecular flexibility index (Phi) is 4.93. The zero-order valence-electron chi connectivity index (χ0n) is 12.3. The number of carbonyl (C=O) groups is 2. The molecule has 3 N–H and O–H groups in total. The zero-order valence-corrected chi connectivity index (χ0v) is 12.3. The number of hydrogen-bond donors (Lipinski definition) is 3. The second-order valence-corrected chi connectivity index (χ2v) is 5.58. The Labute approximate surface area is 124 Å². The third-order valence-corrected chi connectivity index (χ3v) is 3.89. The minimum Gasteiger partial charge on any atom is -0.347 e. The fourth-order valence-electron chi connectivity index (χ4n) is 2.61. The van der Waals surface area contributed by atoms with Crippen LogP contribution in [0.3, 0.4) is 0 Å². The Morgan fingerprint density at radius 1 is 1.29 bits per heavy atom. The molecule has 2 unspecified atom stereocenters. The van der Waals surface area contributed by atoms with Crippen LogP contribution in [0.1, 0.15) is 22.3 Å². The van der Waals surface area contributed by atoms with Crippen molar-refractivity contribution in [1.82, 2.24) is 15.7 Å². The lowest BCUT2D eigenvalue weighted by Crippen LogP contribution is -2.55. The van der Waals surface area contributed by atoms with E-state index in [0.29, 0.717) is 18.5 Å². The van der Waals surface area contributed by atoms with Crippen molar-refractivity contribution in [2.45, 2.75) is 19.4 Å². The number of benzene rings is 1. The number of nitrogens with zero attached hydrogens (tertiary/aromatic N) is 1. The van der Waals surface area contributed by atoms with E-state index in [2.05, 4.69) is 10.2 Å². The first-order valence-corrected chi connectivity index (χ1v) is 7.01. The maximum absolute atomic E-state index is 12.3. The van der Waals surface area contributed by atoms with Crippen LogP contribution < -0.4 is 10.8 Å². The fraction of sp³-hybridized carbons (Fsp3) is 0.467. The summed E-state index contributed by atoms with van der Waals surface area (Å²) in [6.45, 7) is 3.30. The van der Waals surface area contributed by atoms with Crippen LogP contribution in [0.4, 0.5) is 0 Å². The summed E-state index contributed by atoms with van der Waals surface area (Å²) in [7, 11) is 1.94. The van der Waals surface area contributed by atoms with E-state index in [-0.39, 0.29) is 11.9 Å². The highest BCUT2D eigenvalue weighted by Crippen LogP contribution is 2.17. The average molecular weight is 291 g/mol. The van der Waals surface area contributed by atoms with Gasteiger partial charge in [-0.05, 0) is 39.1 Å². The first-order valence-electron chi connectivity index (χ1n) is 7.01. The van der Waals surface area contributed by atoms with Gasteiger partial charge in [0.15, 0.2) is 0 Å². The van der Waals surface area contributed by atoms with Crippen molar-refractivity contribution < 1.29 is 14.8 Å². The van der Waals surface area contributed by atoms with Gasteiger partial charge in [-0.2, -0.15) is 0 Å². The molecule has 0 bridgehead atoms. The highest BCUT2D eigenvalue weighted by Gasteiger charge is 2.34. The largest absolute Gasteiger partial charge is 0.347 e. The molecule has 2 rings (SSSR count). The Bertz CT molecular complexity index is 515. The minimum atomic E-state index is -0.447. The zero-order chi connectivity index (χ0) is 15.4. The third-order valence-electron chi connectivity index (χ3n) is 3.89. The van der Waals surface area contributed by atoms with Crippen LogP contribution in [0, 0.1) is 12.8 Å². The second-order valence-electron chi connectivity index (χ2n) is 5.58. The first kappa shape index (κ1) is 15.5. The lowest BCUT2D eigenvalue weighted by atomic mass is 9.91. The van der Waals surface area contributed by atoms with E-state index in [4.69, 9.17) is 5.21 Å². The molecule has 1 aliphatic rings. The molecule has 21 heavy (non-hydrogen) atoms. The standard InChI is InChI=1S/C15H21N3O3/c1-10-3-5-11(6-4-10)14(19)16-13-9-18(2)8-7-12(13)15(20)17-21/h3-6,12-13,21H,7-9H2,1-2H3,(H,16,19)(H,17,20). The number of piperidine rings is 1. The molecule has 1 saturated heterocycles. The van der Waals surface area contributed by atoms with Crippen LogP contribution in [0.5, 0.6) is 0 Å². The fourth-order valence-corrected chi connectivity index (χ4v) is 2.61. The van der Waals surface area contributed by atoms with Gasteiger partial charge in [0.25, 0.3) is 5.91 Å². The summed E-state index contributed by atoms with van der Waals surface area (Å²) in [5.74, 6) is -1.07. The van der Waals surface area contributed by atoms with Crippen molar-refractivity contribution in [2.24, 2.45) is 5.92 Å². The SMILES string of the molecule is Cc1ccc(C(=O)NC2CN(C)CCC2C(=O)NO)cc1. The highest BCUT2D eigenvalue weighted by atomic mass is 16.5. The Morgan fingerprint density at radius 2 is 1.95 bits per heavy atom. The number of aryl methyl sites for hydroxylation is 1. The molecule has 0 aliphatic carbocycles. The molecule has 0 radical (unpaired) electrons. The number of carbonyl (C=O) groups excluding carboxylic acids is 2. The molecule has 1 heterocycles. The summed E-state index contributed by atoms with van der Waals surface area (Å²) < 4.78 is 0. The molecule has 6 nitrogen and oxygen atoms in total. The molecule has 0 saturated carbocycles. The maximum atomic E-state index is 12.3. The molecule has 114 valence electrons. The third kappa shape index (κ3) is 3.80. The van der Waals surface area contributed by atoms with Gasteiger partial charge in [0.05, 0.1) is 12.0 Å². The molecular weight excluding hydrogens is 270 g/mol. The minimum absolute atomic E-state index is 0.203. The lowest BCUT2D eigenvalue weighted by Gasteiger charge is -2.35. The smallest absolute Gasteiger partial charge is 0.251 e. The topological polar surface area (TPSA) is 81.7 Å². The summed E-state index contributed by atoms with van der Waals surface area (Å²) in [6, 6.07) is 6.96.